The van der Waals surface area contributed by atoms with Crippen molar-refractivity contribution in [2.45, 2.75) is 18.2 Å². The Morgan fingerprint density at radius 1 is 1.06 bits per heavy atom. The summed E-state index contributed by atoms with van der Waals surface area (Å²) in [6.45, 7) is 1.82. The van der Waals surface area contributed by atoms with Gasteiger partial charge in [0.05, 0.1) is 29.5 Å². The van der Waals surface area contributed by atoms with E-state index in [1.54, 1.807) is 18.2 Å². The normalized spacial score (nSPS) is 11.3. The predicted molar refractivity (Wildman–Crippen MR) is 123 cm³/mol. The summed E-state index contributed by atoms with van der Waals surface area (Å²) in [5.41, 5.74) is 0.586. The number of halogens is 2. The third-order valence-electron chi connectivity index (χ3n) is 5.37. The van der Waals surface area contributed by atoms with Crippen molar-refractivity contribution in [2.24, 2.45) is 0 Å². The van der Waals surface area contributed by atoms with E-state index in [1.165, 1.54) is 30.5 Å². The Hall–Kier alpha value is -4.23. The fourth-order valence-corrected chi connectivity index (χ4v) is 4.92. The zero-order chi connectivity index (χ0) is 25.3. The van der Waals surface area contributed by atoms with Gasteiger partial charge in [-0.15, -0.1) is 0 Å². The molecule has 0 spiro atoms. The summed E-state index contributed by atoms with van der Waals surface area (Å²) in [4.78, 5) is 12.1. The first-order valence-electron chi connectivity index (χ1n) is 10.2. The summed E-state index contributed by atoms with van der Waals surface area (Å²) in [6, 6.07) is 13.5. The summed E-state index contributed by atoms with van der Waals surface area (Å²) in [5, 5.41) is 9.30. The Kier molecular flexibility index (Phi) is 6.28. The number of esters is 1. The molecule has 0 fully saturated rings. The SMILES string of the molecule is COC(=O)Cc1c(Oc2ccc(F)c(C#N)c2)c(F)cc2c1ccn2S(=O)(=O)c1ccc(C)cc1. The quantitative estimate of drug-likeness (QED) is 0.354. The molecule has 7 nitrogen and oxygen atoms in total. The second kappa shape index (κ2) is 9.19. The van der Waals surface area contributed by atoms with Gasteiger partial charge in [-0.05, 0) is 37.3 Å². The molecule has 1 heterocycles. The minimum absolute atomic E-state index is 0.00574. The fourth-order valence-electron chi connectivity index (χ4n) is 3.58. The molecule has 0 atom stereocenters. The highest BCUT2D eigenvalue weighted by molar-refractivity contribution is 7.90. The van der Waals surface area contributed by atoms with Gasteiger partial charge in [-0.3, -0.25) is 4.79 Å². The van der Waals surface area contributed by atoms with E-state index in [1.807, 2.05) is 6.92 Å². The molecule has 0 aliphatic carbocycles. The Labute approximate surface area is 199 Å². The average Bonchev–Trinajstić information content (AvgIpc) is 3.26. The molecule has 0 aliphatic rings. The van der Waals surface area contributed by atoms with Crippen LogP contribution in [0, 0.1) is 29.9 Å². The molecule has 0 aliphatic heterocycles. The lowest BCUT2D eigenvalue weighted by molar-refractivity contribution is -0.139. The number of aromatic nitrogens is 1. The highest BCUT2D eigenvalue weighted by Gasteiger charge is 2.25. The van der Waals surface area contributed by atoms with Crippen LogP contribution in [0.5, 0.6) is 11.5 Å². The number of aryl methyl sites for hydroxylation is 1. The van der Waals surface area contributed by atoms with Gasteiger partial charge in [0, 0.05) is 29.3 Å². The zero-order valence-electron chi connectivity index (χ0n) is 18.6. The molecule has 0 saturated carbocycles. The molecule has 0 bridgehead atoms. The molecule has 0 N–H and O–H groups in total. The minimum Gasteiger partial charge on any atom is -0.469 e. The summed E-state index contributed by atoms with van der Waals surface area (Å²) in [5.74, 6) is -2.86. The van der Waals surface area contributed by atoms with Crippen LogP contribution in [0.3, 0.4) is 0 Å². The van der Waals surface area contributed by atoms with Crippen LogP contribution in [0.4, 0.5) is 8.78 Å². The molecule has 0 amide bonds. The monoisotopic (exact) mass is 496 g/mol. The van der Waals surface area contributed by atoms with Crippen LogP contribution >= 0.6 is 0 Å². The lowest BCUT2D eigenvalue weighted by Crippen LogP contribution is -2.12. The van der Waals surface area contributed by atoms with Crippen molar-refractivity contribution >= 4 is 26.9 Å². The van der Waals surface area contributed by atoms with E-state index in [0.29, 0.717) is 0 Å². The lowest BCUT2D eigenvalue weighted by Gasteiger charge is -2.15. The largest absolute Gasteiger partial charge is 0.469 e. The maximum absolute atomic E-state index is 15.4. The number of methoxy groups -OCH3 is 1. The van der Waals surface area contributed by atoms with Crippen molar-refractivity contribution in [3.8, 4) is 17.6 Å². The van der Waals surface area contributed by atoms with Crippen molar-refractivity contribution in [1.82, 2.24) is 3.97 Å². The molecule has 35 heavy (non-hydrogen) atoms. The van der Waals surface area contributed by atoms with Crippen LogP contribution in [-0.4, -0.2) is 25.5 Å². The van der Waals surface area contributed by atoms with Crippen molar-refractivity contribution in [3.05, 3.63) is 89.1 Å². The summed E-state index contributed by atoms with van der Waals surface area (Å²) < 4.78 is 66.8. The van der Waals surface area contributed by atoms with E-state index >= 15 is 4.39 Å². The Bertz CT molecular complexity index is 1600. The van der Waals surface area contributed by atoms with Crippen LogP contribution in [-0.2, 0) is 26.0 Å². The fraction of sp³-hybridized carbons (Fsp3) is 0.120. The standard InChI is InChI=1S/C25H18F2N2O5S/c1-15-3-6-18(7-4-15)35(31,32)29-10-9-19-20(12-24(30)33-2)25(22(27)13-23(19)29)34-17-5-8-21(26)16(11-17)14-28/h3-11,13H,12H2,1-2H3. The smallest absolute Gasteiger partial charge is 0.310 e. The number of hydrogen-bond acceptors (Lipinski definition) is 6. The van der Waals surface area contributed by atoms with Crippen LogP contribution in [0.2, 0.25) is 0 Å². The third kappa shape index (κ3) is 4.46. The number of benzene rings is 3. The third-order valence-corrected chi connectivity index (χ3v) is 7.08. The maximum atomic E-state index is 15.4. The Morgan fingerprint density at radius 2 is 1.77 bits per heavy atom. The number of carbonyl (C=O) groups is 1. The van der Waals surface area contributed by atoms with Gasteiger partial charge in [0.1, 0.15) is 17.6 Å². The first-order chi connectivity index (χ1) is 16.6. The second-order valence-electron chi connectivity index (χ2n) is 7.64. The topological polar surface area (TPSA) is 98.4 Å². The number of fused-ring (bicyclic) bond motifs is 1. The first kappa shape index (κ1) is 23.9. The van der Waals surface area contributed by atoms with E-state index in [9.17, 15) is 17.6 Å². The summed E-state index contributed by atoms with van der Waals surface area (Å²) in [7, 11) is -2.92. The summed E-state index contributed by atoms with van der Waals surface area (Å²) >= 11 is 0. The highest BCUT2D eigenvalue weighted by Crippen LogP contribution is 2.37. The lowest BCUT2D eigenvalue weighted by atomic mass is 10.1. The average molecular weight is 496 g/mol. The molecule has 0 radical (unpaired) electrons. The van der Waals surface area contributed by atoms with E-state index in [2.05, 4.69) is 0 Å². The number of hydrogen-bond donors (Lipinski definition) is 0. The number of rotatable bonds is 6. The van der Waals surface area contributed by atoms with Crippen molar-refractivity contribution in [2.75, 3.05) is 7.11 Å². The zero-order valence-corrected chi connectivity index (χ0v) is 19.4. The molecular formula is C25H18F2N2O5S. The van der Waals surface area contributed by atoms with Crippen LogP contribution < -0.4 is 4.74 Å². The number of carbonyl (C=O) groups excluding carboxylic acids is 1. The predicted octanol–water partition coefficient (Wildman–Crippen LogP) is 4.84. The van der Waals surface area contributed by atoms with Gasteiger partial charge in [0.2, 0.25) is 0 Å². The van der Waals surface area contributed by atoms with Gasteiger partial charge in [-0.25, -0.2) is 21.2 Å². The van der Waals surface area contributed by atoms with E-state index in [-0.39, 0.29) is 38.4 Å². The number of ether oxygens (including phenoxy) is 2. The Morgan fingerprint density at radius 3 is 2.43 bits per heavy atom. The molecular weight excluding hydrogens is 478 g/mol. The van der Waals surface area contributed by atoms with Crippen molar-refractivity contribution < 1.29 is 31.5 Å². The van der Waals surface area contributed by atoms with Crippen molar-refractivity contribution in [3.63, 3.8) is 0 Å². The molecule has 4 aromatic rings. The summed E-state index contributed by atoms with van der Waals surface area (Å²) in [6.07, 6.45) is 0.830. The van der Waals surface area contributed by atoms with Crippen LogP contribution in [0.25, 0.3) is 10.9 Å². The molecule has 0 unspecified atom stereocenters. The molecule has 1 aromatic heterocycles. The van der Waals surface area contributed by atoms with E-state index in [4.69, 9.17) is 14.7 Å². The van der Waals surface area contributed by atoms with E-state index < -0.39 is 34.0 Å². The first-order valence-corrected chi connectivity index (χ1v) is 11.7. The molecule has 0 saturated heterocycles. The van der Waals surface area contributed by atoms with Crippen LogP contribution in [0.1, 0.15) is 16.7 Å². The maximum Gasteiger partial charge on any atom is 0.310 e. The molecule has 3 aromatic carbocycles. The van der Waals surface area contributed by atoms with Gasteiger partial charge >= 0.3 is 5.97 Å². The van der Waals surface area contributed by atoms with Gasteiger partial charge < -0.3 is 9.47 Å². The second-order valence-corrected chi connectivity index (χ2v) is 9.45. The Balaban J connectivity index is 1.90. The van der Waals surface area contributed by atoms with Gasteiger partial charge in [0.15, 0.2) is 11.6 Å². The van der Waals surface area contributed by atoms with Gasteiger partial charge in [-0.1, -0.05) is 17.7 Å². The molecule has 10 heteroatoms. The molecule has 178 valence electrons. The number of nitrogens with zero attached hydrogens (tertiary/aromatic N) is 2. The number of nitriles is 1. The van der Waals surface area contributed by atoms with E-state index in [0.717, 1.165) is 34.8 Å². The van der Waals surface area contributed by atoms with Gasteiger partial charge in [0.25, 0.3) is 10.0 Å². The van der Waals surface area contributed by atoms with Crippen LogP contribution in [0.15, 0.2) is 65.7 Å². The minimum atomic E-state index is -4.08. The van der Waals surface area contributed by atoms with Crippen molar-refractivity contribution in [1.29, 1.82) is 5.26 Å². The molecule has 4 rings (SSSR count). The van der Waals surface area contributed by atoms with Gasteiger partial charge in [-0.2, -0.15) is 5.26 Å². The highest BCUT2D eigenvalue weighted by atomic mass is 32.2.